The molecular weight excluding hydrogens is 965 g/mol. The van der Waals surface area contributed by atoms with E-state index in [-0.39, 0.29) is 56.1 Å². The van der Waals surface area contributed by atoms with Crippen LogP contribution in [0.25, 0.3) is 22.3 Å². The summed E-state index contributed by atoms with van der Waals surface area (Å²) < 4.78 is 13.4. The van der Waals surface area contributed by atoms with E-state index < -0.39 is 83.2 Å². The molecule has 0 bridgehead atoms. The number of pyridine rings is 2. The van der Waals surface area contributed by atoms with Gasteiger partial charge in [0, 0.05) is 62.3 Å². The third-order valence-electron chi connectivity index (χ3n) is 14.6. The third-order valence-corrected chi connectivity index (χ3v) is 14.6. The van der Waals surface area contributed by atoms with Crippen LogP contribution in [0.3, 0.4) is 0 Å². The predicted octanol–water partition coefficient (Wildman–Crippen LogP) is 0.0528. The fourth-order valence-corrected chi connectivity index (χ4v) is 10.2. The number of esters is 2. The van der Waals surface area contributed by atoms with E-state index in [4.69, 9.17) is 31.7 Å². The molecule has 3 aromatic rings. The summed E-state index contributed by atoms with van der Waals surface area (Å²) >= 11 is 0. The number of rotatable bonds is 27. The van der Waals surface area contributed by atoms with Crippen molar-refractivity contribution in [2.45, 2.75) is 122 Å². The van der Waals surface area contributed by atoms with Gasteiger partial charge in [-0.1, -0.05) is 52.3 Å². The normalized spacial score (nSPS) is 18.1. The number of hydrogen-bond donors (Lipinski definition) is 6. The number of carbonyl (C=O) groups excluding carboxylic acids is 7. The first-order valence-electron chi connectivity index (χ1n) is 26.3. The molecule has 5 heterocycles. The second-order valence-corrected chi connectivity index (χ2v) is 20.5. The monoisotopic (exact) mass is 1040 g/mol. The average Bonchev–Trinajstić information content (AvgIpc) is 4.02. The lowest BCUT2D eigenvalue weighted by Crippen LogP contribution is -2.58. The number of primary amides is 1. The van der Waals surface area contributed by atoms with Gasteiger partial charge in [0.15, 0.2) is 0 Å². The summed E-state index contributed by atoms with van der Waals surface area (Å²) in [4.78, 5) is 121. The number of para-hydroxylation sites is 1. The van der Waals surface area contributed by atoms with Crippen LogP contribution in [0.15, 0.2) is 35.1 Å². The zero-order valence-electron chi connectivity index (χ0n) is 44.7. The van der Waals surface area contributed by atoms with E-state index in [1.807, 2.05) is 45.3 Å². The number of nitrogens with two attached hydrogens (primary N) is 3. The molecular formula is C53H78N12O10. The molecule has 22 nitrogen and oxygen atoms in total. The minimum absolute atomic E-state index is 0.0923. The number of aromatic nitrogens is 2. The maximum Gasteiger partial charge on any atom is 0.355 e. The molecule has 5 atom stereocenters. The van der Waals surface area contributed by atoms with Crippen molar-refractivity contribution in [3.63, 3.8) is 0 Å². The van der Waals surface area contributed by atoms with E-state index in [0.29, 0.717) is 63.4 Å². The van der Waals surface area contributed by atoms with E-state index in [1.54, 1.807) is 43.4 Å². The van der Waals surface area contributed by atoms with Gasteiger partial charge < -0.3 is 61.9 Å². The number of ether oxygens (including phenoxy) is 2. The van der Waals surface area contributed by atoms with Crippen LogP contribution in [0.1, 0.15) is 94.9 Å². The number of aryl methyl sites for hydroxylation is 1. The standard InChI is InChI=1S/C53H78N12O10/c1-8-33-34-15-10-11-17-39(34)59-46-35(33)29-65-42(46)27-37-36(49(65)70)31-74-52(73)53(37,9-2)75-51(72)45(32(3)4)60-48(69)41-18-14-21-64(41)50(71)40(28-43(56)66)58-44(67)30-63(7)26-25-62(6)24-23-61(5)22-20-57-47(68)38(55)16-12-13-19-54/h10-11,15,17,27,32,38,40-41,45H,8-9,12-14,16,18-26,28-31,54-55H2,1-7H3,(H2,56,66)(H,57,68)(H,58,67)(H,60,69)/t38-,40-,41-,45-,53-/m0/s1. The Labute approximate surface area is 438 Å². The van der Waals surface area contributed by atoms with Gasteiger partial charge >= 0.3 is 11.9 Å². The lowest BCUT2D eigenvalue weighted by Gasteiger charge is -2.37. The summed E-state index contributed by atoms with van der Waals surface area (Å²) in [6, 6.07) is 5.15. The quantitative estimate of drug-likeness (QED) is 0.0340. The number of unbranched alkanes of at least 4 members (excludes halogenated alkanes) is 1. The van der Waals surface area contributed by atoms with Crippen LogP contribution in [-0.2, 0) is 68.2 Å². The molecule has 75 heavy (non-hydrogen) atoms. The molecule has 22 heteroatoms. The summed E-state index contributed by atoms with van der Waals surface area (Å²) in [5.41, 5.74) is 18.8. The zero-order chi connectivity index (χ0) is 54.7. The zero-order valence-corrected chi connectivity index (χ0v) is 44.7. The number of likely N-dealkylation sites (tertiary alicyclic amines) is 1. The number of fused-ring (bicyclic) bond motifs is 5. The first kappa shape index (κ1) is 57.9. The maximum atomic E-state index is 14.4. The number of cyclic esters (lactones) is 1. The Hall–Kier alpha value is -6.33. The molecule has 3 aliphatic heterocycles. The second-order valence-electron chi connectivity index (χ2n) is 20.5. The number of benzene rings is 1. The van der Waals surface area contributed by atoms with Gasteiger partial charge in [-0.25, -0.2) is 14.6 Å². The lowest BCUT2D eigenvalue weighted by atomic mass is 9.85. The lowest BCUT2D eigenvalue weighted by molar-refractivity contribution is -0.191. The number of likely N-dealkylation sites (N-methyl/N-ethyl adjacent to an activating group) is 3. The van der Waals surface area contributed by atoms with E-state index in [2.05, 4.69) is 25.8 Å². The number of carbonyl (C=O) groups is 7. The van der Waals surface area contributed by atoms with Crippen LogP contribution in [0, 0.1) is 5.92 Å². The molecule has 1 aromatic carbocycles. The van der Waals surface area contributed by atoms with Crippen molar-refractivity contribution in [2.75, 3.05) is 80.0 Å². The highest BCUT2D eigenvalue weighted by Crippen LogP contribution is 2.42. The molecule has 0 spiro atoms. The molecule has 0 unspecified atom stereocenters. The third kappa shape index (κ3) is 13.6. The summed E-state index contributed by atoms with van der Waals surface area (Å²) in [6.45, 7) is 11.3. The fourth-order valence-electron chi connectivity index (χ4n) is 10.2. The highest BCUT2D eigenvalue weighted by atomic mass is 16.6. The molecule has 0 saturated carbocycles. The van der Waals surface area contributed by atoms with Crippen LogP contribution in [0.4, 0.5) is 0 Å². The smallest absolute Gasteiger partial charge is 0.355 e. The SMILES string of the molecule is CCc1c2c(nc3ccccc13)-c1cc3c(c(=O)n1C2)COC(=O)[C@@]3(CC)OC(=O)[C@@H](NC(=O)[C@@H]1CCCN1C(=O)[C@H](CC(N)=O)NC(=O)CN(C)CCN(C)CCN(C)CCNC(=O)[C@@H](N)CCCCN)C(C)C. The predicted molar refractivity (Wildman–Crippen MR) is 281 cm³/mol. The largest absolute Gasteiger partial charge is 0.457 e. The minimum atomic E-state index is -2.04. The van der Waals surface area contributed by atoms with Crippen molar-refractivity contribution in [3.05, 3.63) is 62.9 Å². The Morgan fingerprint density at radius 1 is 0.947 bits per heavy atom. The molecule has 3 aliphatic rings. The molecule has 9 N–H and O–H groups in total. The number of nitrogens with zero attached hydrogens (tertiary/aromatic N) is 6. The van der Waals surface area contributed by atoms with Gasteiger partial charge in [-0.2, -0.15) is 0 Å². The fraction of sp³-hybridized carbons (Fsp3) is 0.604. The molecule has 5 amide bonds. The van der Waals surface area contributed by atoms with Gasteiger partial charge in [-0.15, -0.1) is 0 Å². The van der Waals surface area contributed by atoms with Crippen LogP contribution >= 0.6 is 0 Å². The average molecular weight is 1040 g/mol. The number of amides is 5. The number of nitrogens with one attached hydrogen (secondary N) is 3. The highest BCUT2D eigenvalue weighted by Gasteiger charge is 2.52. The maximum absolute atomic E-state index is 14.4. The summed E-state index contributed by atoms with van der Waals surface area (Å²) in [5.74, 6) is -5.27. The van der Waals surface area contributed by atoms with Crippen molar-refractivity contribution in [3.8, 4) is 11.4 Å². The topological polar surface area (TPSA) is 300 Å². The van der Waals surface area contributed by atoms with Crippen molar-refractivity contribution in [1.29, 1.82) is 0 Å². The number of hydrogen-bond acceptors (Lipinski definition) is 16. The summed E-state index contributed by atoms with van der Waals surface area (Å²) in [5, 5.41) is 9.30. The van der Waals surface area contributed by atoms with E-state index in [1.165, 1.54) is 4.90 Å². The minimum Gasteiger partial charge on any atom is -0.457 e. The molecule has 6 rings (SSSR count). The van der Waals surface area contributed by atoms with Crippen molar-refractivity contribution in [2.24, 2.45) is 23.1 Å². The van der Waals surface area contributed by atoms with Crippen molar-refractivity contribution in [1.82, 2.24) is 45.1 Å². The molecule has 410 valence electrons. The van der Waals surface area contributed by atoms with E-state index in [0.717, 1.165) is 48.0 Å². The van der Waals surface area contributed by atoms with Crippen molar-refractivity contribution >= 4 is 52.4 Å². The molecule has 1 fully saturated rings. The van der Waals surface area contributed by atoms with Crippen LogP contribution in [0.2, 0.25) is 0 Å². The first-order valence-corrected chi connectivity index (χ1v) is 26.3. The highest BCUT2D eigenvalue weighted by molar-refractivity contribution is 5.97. The molecule has 0 radical (unpaired) electrons. The second kappa shape index (κ2) is 25.9. The van der Waals surface area contributed by atoms with Gasteiger partial charge in [0.05, 0.1) is 48.0 Å². The van der Waals surface area contributed by atoms with Crippen molar-refractivity contribution < 1.29 is 43.0 Å². The summed E-state index contributed by atoms with van der Waals surface area (Å²) in [6.07, 6.45) is 2.96. The summed E-state index contributed by atoms with van der Waals surface area (Å²) in [7, 11) is 5.68. The Morgan fingerprint density at radius 2 is 1.64 bits per heavy atom. The van der Waals surface area contributed by atoms with Gasteiger partial charge in [-0.05, 0) is 89.8 Å². The first-order chi connectivity index (χ1) is 35.7. The molecule has 2 aromatic heterocycles. The van der Waals surface area contributed by atoms with E-state index >= 15 is 0 Å². The van der Waals surface area contributed by atoms with Crippen LogP contribution in [0.5, 0.6) is 0 Å². The van der Waals surface area contributed by atoms with Gasteiger partial charge in [0.1, 0.15) is 24.7 Å². The molecule has 1 saturated heterocycles. The molecule has 0 aliphatic carbocycles. The van der Waals surface area contributed by atoms with Gasteiger partial charge in [0.25, 0.3) is 5.56 Å². The van der Waals surface area contributed by atoms with Crippen LogP contribution in [-0.4, -0.2) is 175 Å². The van der Waals surface area contributed by atoms with E-state index in [9.17, 15) is 38.4 Å². The van der Waals surface area contributed by atoms with Gasteiger partial charge in [0.2, 0.25) is 35.1 Å². The Morgan fingerprint density at radius 3 is 2.31 bits per heavy atom. The Balaban J connectivity index is 1.06. The van der Waals surface area contributed by atoms with Crippen LogP contribution < -0.4 is 38.7 Å². The Kier molecular flexibility index (Phi) is 20.0. The Bertz CT molecular complexity index is 2660. The van der Waals surface area contributed by atoms with Gasteiger partial charge in [-0.3, -0.25) is 33.7 Å².